The molecule has 4 aromatic rings. The number of nitrogens with zero attached hydrogens (tertiary/aromatic N) is 3. The van der Waals surface area contributed by atoms with E-state index < -0.39 is 31.9 Å². The Bertz CT molecular complexity index is 1520. The number of H-pyrrole nitrogens is 1. The van der Waals surface area contributed by atoms with Crippen LogP contribution in [0.3, 0.4) is 0 Å². The standard InChI is InChI=1S/C24H25ClN5O7P/c1-34-19-7-5-17(6-8-19)20(31)13-37-38(33,36-12-16-3-2-4-18(25)11-16)15-35-10-9-30-14-27-21-22(30)28-24(26)29-23(21)32/h2-8,11,14H,9-10,12-13,15H2,1H3,(H3,26,28,29,32). The molecule has 0 radical (unpaired) electrons. The molecule has 12 nitrogen and oxygen atoms in total. The van der Waals surface area contributed by atoms with Crippen LogP contribution >= 0.6 is 19.2 Å². The summed E-state index contributed by atoms with van der Waals surface area (Å²) < 4.78 is 36.9. The second-order valence-electron chi connectivity index (χ2n) is 8.04. The maximum atomic E-state index is 13.5. The molecule has 2 aromatic carbocycles. The van der Waals surface area contributed by atoms with Gasteiger partial charge in [0.25, 0.3) is 5.56 Å². The number of aromatic nitrogens is 4. The van der Waals surface area contributed by atoms with Crippen molar-refractivity contribution in [1.82, 2.24) is 19.5 Å². The lowest BCUT2D eigenvalue weighted by molar-refractivity contribution is 0.0855. The molecule has 3 N–H and O–H groups in total. The minimum Gasteiger partial charge on any atom is -0.497 e. The quantitative estimate of drug-likeness (QED) is 0.140. The number of rotatable bonds is 13. The van der Waals surface area contributed by atoms with E-state index in [0.717, 1.165) is 0 Å². The largest absolute Gasteiger partial charge is 0.497 e. The van der Waals surface area contributed by atoms with Crippen molar-refractivity contribution in [2.24, 2.45) is 0 Å². The van der Waals surface area contributed by atoms with Crippen LogP contribution in [0.25, 0.3) is 11.2 Å². The van der Waals surface area contributed by atoms with Crippen LogP contribution in [-0.4, -0.2) is 52.0 Å². The van der Waals surface area contributed by atoms with Crippen LogP contribution in [0, 0.1) is 0 Å². The normalized spacial score (nSPS) is 12.9. The Morgan fingerprint density at radius 1 is 1.18 bits per heavy atom. The van der Waals surface area contributed by atoms with E-state index >= 15 is 0 Å². The zero-order chi connectivity index (χ0) is 27.1. The van der Waals surface area contributed by atoms with Crippen LogP contribution in [0.5, 0.6) is 5.75 Å². The van der Waals surface area contributed by atoms with E-state index in [9.17, 15) is 14.2 Å². The van der Waals surface area contributed by atoms with Gasteiger partial charge in [-0.25, -0.2) is 4.98 Å². The lowest BCUT2D eigenvalue weighted by Crippen LogP contribution is -2.14. The zero-order valence-corrected chi connectivity index (χ0v) is 22.0. The number of imidazole rings is 1. The Hall–Kier alpha value is -3.54. The van der Waals surface area contributed by atoms with Crippen molar-refractivity contribution in [3.8, 4) is 5.75 Å². The molecule has 2 aromatic heterocycles. The van der Waals surface area contributed by atoms with E-state index in [4.69, 9.17) is 35.9 Å². The zero-order valence-electron chi connectivity index (χ0n) is 20.3. The minimum absolute atomic E-state index is 0.0426. The van der Waals surface area contributed by atoms with Crippen molar-refractivity contribution < 1.29 is 27.9 Å². The Morgan fingerprint density at radius 2 is 1.97 bits per heavy atom. The number of hydrogen-bond donors (Lipinski definition) is 2. The van der Waals surface area contributed by atoms with Gasteiger partial charge in [0.15, 0.2) is 16.9 Å². The molecule has 0 bridgehead atoms. The first-order valence-electron chi connectivity index (χ1n) is 11.3. The number of nitrogens with two attached hydrogens (primary N) is 1. The lowest BCUT2D eigenvalue weighted by atomic mass is 10.1. The molecule has 0 aliphatic carbocycles. The van der Waals surface area contributed by atoms with Gasteiger partial charge in [0.2, 0.25) is 5.95 Å². The van der Waals surface area contributed by atoms with Gasteiger partial charge in [0, 0.05) is 17.1 Å². The molecule has 0 fully saturated rings. The molecule has 0 saturated carbocycles. The Kier molecular flexibility index (Phi) is 8.93. The number of aromatic amines is 1. The first kappa shape index (κ1) is 27.5. The van der Waals surface area contributed by atoms with Gasteiger partial charge in [-0.2, -0.15) is 4.98 Å². The first-order chi connectivity index (χ1) is 18.3. The summed E-state index contributed by atoms with van der Waals surface area (Å²) in [6, 6.07) is 13.3. The van der Waals surface area contributed by atoms with Gasteiger partial charge in [0.1, 0.15) is 18.7 Å². The number of Topliss-reactive ketones (excluding diaryl/α,β-unsaturated/α-hetero) is 1. The summed E-state index contributed by atoms with van der Waals surface area (Å²) in [7, 11) is -2.36. The van der Waals surface area contributed by atoms with Crippen molar-refractivity contribution in [3.63, 3.8) is 0 Å². The number of carbonyl (C=O) groups excluding carboxylic acids is 1. The van der Waals surface area contributed by atoms with Gasteiger partial charge in [-0.3, -0.25) is 23.7 Å². The van der Waals surface area contributed by atoms with E-state index in [1.165, 1.54) is 13.4 Å². The van der Waals surface area contributed by atoms with E-state index in [0.29, 0.717) is 21.9 Å². The fourth-order valence-corrected chi connectivity index (χ4v) is 4.85. The maximum Gasteiger partial charge on any atom is 0.356 e. The molecule has 1 atom stereocenters. The molecule has 14 heteroatoms. The molecular weight excluding hydrogens is 537 g/mol. The summed E-state index contributed by atoms with van der Waals surface area (Å²) in [5.74, 6) is 0.163. The Morgan fingerprint density at radius 3 is 2.71 bits per heavy atom. The number of benzene rings is 2. The van der Waals surface area contributed by atoms with Gasteiger partial charge in [-0.15, -0.1) is 0 Å². The van der Waals surface area contributed by atoms with Crippen molar-refractivity contribution in [1.29, 1.82) is 0 Å². The first-order valence-corrected chi connectivity index (χ1v) is 13.4. The molecule has 0 saturated heterocycles. The van der Waals surface area contributed by atoms with Gasteiger partial charge in [-0.1, -0.05) is 23.7 Å². The third kappa shape index (κ3) is 7.06. The molecule has 38 heavy (non-hydrogen) atoms. The van der Waals surface area contributed by atoms with E-state index in [-0.39, 0.29) is 36.9 Å². The smallest absolute Gasteiger partial charge is 0.356 e. The topological polar surface area (TPSA) is 161 Å². The molecule has 4 rings (SSSR count). The highest BCUT2D eigenvalue weighted by Gasteiger charge is 2.27. The molecule has 0 aliphatic heterocycles. The summed E-state index contributed by atoms with van der Waals surface area (Å²) in [5, 5.41) is 0.494. The number of ether oxygens (including phenoxy) is 2. The van der Waals surface area contributed by atoms with Crippen molar-refractivity contribution in [2.75, 3.05) is 32.4 Å². The highest BCUT2D eigenvalue weighted by molar-refractivity contribution is 7.53. The Labute approximate surface area is 222 Å². The number of methoxy groups -OCH3 is 1. The average Bonchev–Trinajstić information content (AvgIpc) is 3.32. The molecule has 200 valence electrons. The van der Waals surface area contributed by atoms with Gasteiger partial charge >= 0.3 is 7.60 Å². The fraction of sp³-hybridized carbons (Fsp3) is 0.250. The van der Waals surface area contributed by atoms with Crippen LogP contribution in [0.4, 0.5) is 5.95 Å². The highest BCUT2D eigenvalue weighted by Crippen LogP contribution is 2.49. The molecule has 2 heterocycles. The predicted octanol–water partition coefficient (Wildman–Crippen LogP) is 3.65. The minimum atomic E-state index is -3.89. The highest BCUT2D eigenvalue weighted by atomic mass is 35.5. The monoisotopic (exact) mass is 561 g/mol. The number of carbonyl (C=O) groups is 1. The van der Waals surface area contributed by atoms with E-state index in [1.54, 1.807) is 53.1 Å². The maximum absolute atomic E-state index is 13.5. The summed E-state index contributed by atoms with van der Waals surface area (Å²) in [6.07, 6.45) is 1.00. The number of halogens is 1. The summed E-state index contributed by atoms with van der Waals surface area (Å²) in [4.78, 5) is 35.1. The number of anilines is 1. The van der Waals surface area contributed by atoms with Gasteiger partial charge in [-0.05, 0) is 42.0 Å². The average molecular weight is 562 g/mol. The van der Waals surface area contributed by atoms with Gasteiger partial charge in [0.05, 0.1) is 26.7 Å². The molecular formula is C24H25ClN5O7P. The second-order valence-corrected chi connectivity index (χ2v) is 10.5. The third-order valence-corrected chi connectivity index (χ3v) is 7.12. The third-order valence-electron chi connectivity index (χ3n) is 5.34. The van der Waals surface area contributed by atoms with Crippen molar-refractivity contribution >= 4 is 42.1 Å². The number of ketones is 1. The Balaban J connectivity index is 1.40. The molecule has 0 amide bonds. The lowest BCUT2D eigenvalue weighted by Gasteiger charge is -2.19. The molecule has 0 spiro atoms. The summed E-state index contributed by atoms with van der Waals surface area (Å²) >= 11 is 6.02. The van der Waals surface area contributed by atoms with Gasteiger partial charge < -0.3 is 24.3 Å². The van der Waals surface area contributed by atoms with Crippen molar-refractivity contribution in [3.05, 3.63) is 81.4 Å². The number of fused-ring (bicyclic) bond motifs is 1. The molecule has 0 aliphatic rings. The molecule has 1 unspecified atom stereocenters. The van der Waals surface area contributed by atoms with Crippen LogP contribution in [-0.2, 0) is 31.5 Å². The van der Waals surface area contributed by atoms with Crippen LogP contribution < -0.4 is 16.0 Å². The summed E-state index contributed by atoms with van der Waals surface area (Å²) in [5.41, 5.74) is 6.61. The van der Waals surface area contributed by atoms with Crippen LogP contribution in [0.2, 0.25) is 5.02 Å². The number of nitrogen functional groups attached to an aromatic ring is 1. The second kappa shape index (κ2) is 12.3. The van der Waals surface area contributed by atoms with Crippen LogP contribution in [0.15, 0.2) is 59.7 Å². The van der Waals surface area contributed by atoms with E-state index in [1.807, 2.05) is 0 Å². The SMILES string of the molecule is COc1ccc(C(=O)COP(=O)(COCCn2cnc3c(=O)[nH]c(N)nc32)OCc2cccc(Cl)c2)cc1. The van der Waals surface area contributed by atoms with Crippen molar-refractivity contribution in [2.45, 2.75) is 13.2 Å². The number of nitrogens with one attached hydrogen (secondary N) is 1. The fourth-order valence-electron chi connectivity index (χ4n) is 3.40. The van der Waals surface area contributed by atoms with Crippen LogP contribution in [0.1, 0.15) is 15.9 Å². The van der Waals surface area contributed by atoms with E-state index in [2.05, 4.69) is 15.0 Å². The summed E-state index contributed by atoms with van der Waals surface area (Å²) in [6.45, 7) is -0.275. The predicted molar refractivity (Wildman–Crippen MR) is 141 cm³/mol. The number of hydrogen-bond acceptors (Lipinski definition) is 10.